The number of aryl methyl sites for hydroxylation is 1. The fourth-order valence-electron chi connectivity index (χ4n) is 2.16. The van der Waals surface area contributed by atoms with Crippen LogP contribution in [0, 0.1) is 6.92 Å². The van der Waals surface area contributed by atoms with Gasteiger partial charge in [0.1, 0.15) is 0 Å². The Morgan fingerprint density at radius 3 is 2.65 bits per heavy atom. The van der Waals surface area contributed by atoms with E-state index in [4.69, 9.17) is 0 Å². The molecule has 0 saturated heterocycles. The Morgan fingerprint density at radius 1 is 1.40 bits per heavy atom. The lowest BCUT2D eigenvalue weighted by molar-refractivity contribution is 0.295. The molecule has 0 aromatic carbocycles. The number of nitrogens with one attached hydrogen (secondary N) is 1. The van der Waals surface area contributed by atoms with Crippen molar-refractivity contribution in [1.29, 1.82) is 0 Å². The van der Waals surface area contributed by atoms with Gasteiger partial charge < -0.3 is 5.32 Å². The van der Waals surface area contributed by atoms with Crippen LogP contribution in [0.1, 0.15) is 49.4 Å². The molecule has 1 N–H and O–H groups in total. The SMILES string of the molecule is C=CCN(CCC)Cc1cc(CNC(C)(C)C)sc1C. The van der Waals surface area contributed by atoms with E-state index in [9.17, 15) is 0 Å². The highest BCUT2D eigenvalue weighted by Gasteiger charge is 2.12. The normalized spacial score (nSPS) is 12.1. The van der Waals surface area contributed by atoms with Crippen LogP contribution in [0.15, 0.2) is 18.7 Å². The monoisotopic (exact) mass is 294 g/mol. The molecule has 0 aliphatic heterocycles. The fourth-order valence-corrected chi connectivity index (χ4v) is 3.15. The van der Waals surface area contributed by atoms with Crippen LogP contribution in [0.3, 0.4) is 0 Å². The molecule has 1 aromatic heterocycles. The van der Waals surface area contributed by atoms with E-state index in [0.29, 0.717) is 0 Å². The van der Waals surface area contributed by atoms with E-state index in [1.165, 1.54) is 21.7 Å². The van der Waals surface area contributed by atoms with E-state index >= 15 is 0 Å². The summed E-state index contributed by atoms with van der Waals surface area (Å²) in [5.74, 6) is 0. The summed E-state index contributed by atoms with van der Waals surface area (Å²) < 4.78 is 0. The number of hydrogen-bond donors (Lipinski definition) is 1. The molecule has 1 heterocycles. The van der Waals surface area contributed by atoms with Crippen molar-refractivity contribution in [1.82, 2.24) is 10.2 Å². The first-order valence-electron chi connectivity index (χ1n) is 7.52. The minimum absolute atomic E-state index is 0.176. The predicted octanol–water partition coefficient (Wildman–Crippen LogP) is 4.34. The Bertz CT molecular complexity index is 415. The second-order valence-electron chi connectivity index (χ2n) is 6.42. The molecule has 0 radical (unpaired) electrons. The van der Waals surface area contributed by atoms with Crippen LogP contribution in [0.2, 0.25) is 0 Å². The lowest BCUT2D eigenvalue weighted by Gasteiger charge is -2.20. The molecule has 0 bridgehead atoms. The second-order valence-corrected chi connectivity index (χ2v) is 7.76. The van der Waals surface area contributed by atoms with Crippen LogP contribution in [0.25, 0.3) is 0 Å². The molecule has 0 saturated carbocycles. The van der Waals surface area contributed by atoms with Gasteiger partial charge in [-0.3, -0.25) is 4.90 Å². The van der Waals surface area contributed by atoms with Crippen molar-refractivity contribution in [3.05, 3.63) is 34.0 Å². The molecule has 2 nitrogen and oxygen atoms in total. The van der Waals surface area contributed by atoms with Gasteiger partial charge in [0.15, 0.2) is 0 Å². The Labute approximate surface area is 128 Å². The fraction of sp³-hybridized carbons (Fsp3) is 0.647. The maximum atomic E-state index is 3.86. The zero-order valence-corrected chi connectivity index (χ0v) is 14.6. The highest BCUT2D eigenvalue weighted by Crippen LogP contribution is 2.23. The summed E-state index contributed by atoms with van der Waals surface area (Å²) in [5, 5.41) is 3.56. The Kier molecular flexibility index (Phi) is 6.93. The summed E-state index contributed by atoms with van der Waals surface area (Å²) >= 11 is 1.92. The van der Waals surface area contributed by atoms with Crippen molar-refractivity contribution in [3.8, 4) is 0 Å². The van der Waals surface area contributed by atoms with Crippen LogP contribution in [-0.4, -0.2) is 23.5 Å². The van der Waals surface area contributed by atoms with Gasteiger partial charge in [0.2, 0.25) is 0 Å². The standard InChI is InChI=1S/C17H30N2S/c1-7-9-19(10-8-2)13-15-11-16(20-14(15)3)12-18-17(4,5)6/h7,11,18H,1,8-10,12-13H2,2-6H3. The van der Waals surface area contributed by atoms with Crippen LogP contribution in [-0.2, 0) is 13.1 Å². The summed E-state index contributed by atoms with van der Waals surface area (Å²) in [6, 6.07) is 2.37. The minimum atomic E-state index is 0.176. The quantitative estimate of drug-likeness (QED) is 0.717. The zero-order valence-electron chi connectivity index (χ0n) is 13.8. The van der Waals surface area contributed by atoms with Gasteiger partial charge in [-0.2, -0.15) is 0 Å². The van der Waals surface area contributed by atoms with Gasteiger partial charge in [-0.25, -0.2) is 0 Å². The van der Waals surface area contributed by atoms with Crippen LogP contribution in [0.5, 0.6) is 0 Å². The summed E-state index contributed by atoms with van der Waals surface area (Å²) in [6.45, 7) is 19.1. The molecule has 0 unspecified atom stereocenters. The molecule has 3 heteroatoms. The topological polar surface area (TPSA) is 15.3 Å². The predicted molar refractivity (Wildman–Crippen MR) is 91.4 cm³/mol. The van der Waals surface area contributed by atoms with Gasteiger partial charge >= 0.3 is 0 Å². The lowest BCUT2D eigenvalue weighted by atomic mass is 10.1. The van der Waals surface area contributed by atoms with E-state index in [-0.39, 0.29) is 5.54 Å². The molecule has 1 rings (SSSR count). The third kappa shape index (κ3) is 6.21. The molecule has 0 aliphatic carbocycles. The number of rotatable bonds is 8. The van der Waals surface area contributed by atoms with E-state index in [1.54, 1.807) is 0 Å². The smallest absolute Gasteiger partial charge is 0.0304 e. The highest BCUT2D eigenvalue weighted by molar-refractivity contribution is 7.12. The molecular formula is C17H30N2S. The lowest BCUT2D eigenvalue weighted by Crippen LogP contribution is -2.34. The Morgan fingerprint density at radius 2 is 2.10 bits per heavy atom. The van der Waals surface area contributed by atoms with Gasteiger partial charge in [0, 0.05) is 34.9 Å². The first-order chi connectivity index (χ1) is 9.35. The van der Waals surface area contributed by atoms with E-state index in [0.717, 1.165) is 26.2 Å². The summed E-state index contributed by atoms with van der Waals surface area (Å²) in [4.78, 5) is 5.34. The number of thiophene rings is 1. The third-order valence-electron chi connectivity index (χ3n) is 3.19. The van der Waals surface area contributed by atoms with Gasteiger partial charge in [0.05, 0.1) is 0 Å². The van der Waals surface area contributed by atoms with Crippen molar-refractivity contribution < 1.29 is 0 Å². The van der Waals surface area contributed by atoms with E-state index < -0.39 is 0 Å². The number of nitrogens with zero attached hydrogens (tertiary/aromatic N) is 1. The molecule has 0 fully saturated rings. The number of hydrogen-bond acceptors (Lipinski definition) is 3. The minimum Gasteiger partial charge on any atom is -0.307 e. The van der Waals surface area contributed by atoms with Crippen LogP contribution < -0.4 is 5.32 Å². The molecule has 114 valence electrons. The average molecular weight is 295 g/mol. The first-order valence-corrected chi connectivity index (χ1v) is 8.34. The summed E-state index contributed by atoms with van der Waals surface area (Å²) in [7, 11) is 0. The molecule has 20 heavy (non-hydrogen) atoms. The molecular weight excluding hydrogens is 264 g/mol. The average Bonchev–Trinajstić information content (AvgIpc) is 2.68. The van der Waals surface area contributed by atoms with Gasteiger partial charge in [-0.15, -0.1) is 17.9 Å². The van der Waals surface area contributed by atoms with Crippen LogP contribution >= 0.6 is 11.3 Å². The zero-order chi connectivity index (χ0) is 15.2. The van der Waals surface area contributed by atoms with Crippen molar-refractivity contribution >= 4 is 11.3 Å². The Balaban J connectivity index is 2.66. The van der Waals surface area contributed by atoms with Gasteiger partial charge in [0.25, 0.3) is 0 Å². The van der Waals surface area contributed by atoms with E-state index in [2.05, 4.69) is 57.5 Å². The maximum Gasteiger partial charge on any atom is 0.0304 e. The summed E-state index contributed by atoms with van der Waals surface area (Å²) in [5.41, 5.74) is 1.64. The van der Waals surface area contributed by atoms with E-state index in [1.807, 2.05) is 17.4 Å². The first kappa shape index (κ1) is 17.4. The molecule has 0 aliphatic rings. The van der Waals surface area contributed by atoms with Crippen molar-refractivity contribution in [2.75, 3.05) is 13.1 Å². The maximum absolute atomic E-state index is 3.86. The Hall–Kier alpha value is -0.640. The van der Waals surface area contributed by atoms with Crippen molar-refractivity contribution in [3.63, 3.8) is 0 Å². The van der Waals surface area contributed by atoms with Crippen molar-refractivity contribution in [2.24, 2.45) is 0 Å². The second kappa shape index (κ2) is 7.96. The molecule has 0 amide bonds. The molecule has 1 aromatic rings. The van der Waals surface area contributed by atoms with Gasteiger partial charge in [-0.05, 0) is 52.3 Å². The van der Waals surface area contributed by atoms with Gasteiger partial charge in [-0.1, -0.05) is 13.0 Å². The summed E-state index contributed by atoms with van der Waals surface area (Å²) in [6.07, 6.45) is 3.19. The largest absolute Gasteiger partial charge is 0.307 e. The van der Waals surface area contributed by atoms with Crippen LogP contribution in [0.4, 0.5) is 0 Å². The van der Waals surface area contributed by atoms with Crippen molar-refractivity contribution in [2.45, 2.75) is 59.7 Å². The third-order valence-corrected chi connectivity index (χ3v) is 4.28. The highest BCUT2D eigenvalue weighted by atomic mass is 32.1. The molecule has 0 spiro atoms. The molecule has 0 atom stereocenters.